The molecule has 1 aromatic rings. The van der Waals surface area contributed by atoms with Crippen LogP contribution in [0.15, 0.2) is 30.3 Å². The molecule has 0 aliphatic heterocycles. The maximum absolute atomic E-state index is 6.04. The van der Waals surface area contributed by atoms with Crippen molar-refractivity contribution >= 4 is 0 Å². The van der Waals surface area contributed by atoms with Crippen LogP contribution in [0.3, 0.4) is 0 Å². The Bertz CT molecular complexity index is 353. The van der Waals surface area contributed by atoms with Crippen molar-refractivity contribution in [2.75, 3.05) is 33.9 Å². The predicted molar refractivity (Wildman–Crippen MR) is 81.3 cm³/mol. The summed E-state index contributed by atoms with van der Waals surface area (Å²) >= 11 is 0. The first-order valence-electron chi connectivity index (χ1n) is 7.01. The Labute approximate surface area is 117 Å². The zero-order valence-corrected chi connectivity index (χ0v) is 12.7. The third-order valence-electron chi connectivity index (χ3n) is 4.16. The van der Waals surface area contributed by atoms with Gasteiger partial charge in [0, 0.05) is 20.2 Å². The van der Waals surface area contributed by atoms with E-state index in [1.807, 2.05) is 0 Å². The van der Waals surface area contributed by atoms with Gasteiger partial charge in [0.05, 0.1) is 12.1 Å². The molecule has 0 radical (unpaired) electrons. The quantitative estimate of drug-likeness (QED) is 0.782. The van der Waals surface area contributed by atoms with Crippen LogP contribution in [-0.4, -0.2) is 44.3 Å². The smallest absolute Gasteiger partial charge is 0.0661 e. The summed E-state index contributed by atoms with van der Waals surface area (Å²) in [4.78, 5) is 2.36. The van der Waals surface area contributed by atoms with Gasteiger partial charge in [0.25, 0.3) is 0 Å². The van der Waals surface area contributed by atoms with E-state index >= 15 is 0 Å². The third kappa shape index (κ3) is 4.03. The summed E-state index contributed by atoms with van der Waals surface area (Å²) in [6, 6.07) is 10.6. The first-order chi connectivity index (χ1) is 9.06. The maximum Gasteiger partial charge on any atom is 0.0661 e. The minimum absolute atomic E-state index is 0.0798. The summed E-state index contributed by atoms with van der Waals surface area (Å²) in [7, 11) is 3.90. The lowest BCUT2D eigenvalue weighted by Crippen LogP contribution is -2.59. The number of benzene rings is 1. The molecule has 0 aromatic heterocycles. The van der Waals surface area contributed by atoms with Gasteiger partial charge in [-0.2, -0.15) is 0 Å². The van der Waals surface area contributed by atoms with E-state index in [1.165, 1.54) is 5.56 Å². The number of hydrogen-bond acceptors (Lipinski definition) is 3. The molecule has 1 rings (SSSR count). The molecule has 3 heteroatoms. The van der Waals surface area contributed by atoms with E-state index in [9.17, 15) is 0 Å². The van der Waals surface area contributed by atoms with E-state index < -0.39 is 0 Å². The second kappa shape index (κ2) is 7.63. The summed E-state index contributed by atoms with van der Waals surface area (Å²) in [5.74, 6) is 0.457. The molecule has 0 saturated carbocycles. The Morgan fingerprint density at radius 1 is 1.26 bits per heavy atom. The molecule has 1 unspecified atom stereocenters. The van der Waals surface area contributed by atoms with Gasteiger partial charge in [0.15, 0.2) is 0 Å². The highest BCUT2D eigenvalue weighted by Crippen LogP contribution is 2.23. The minimum Gasteiger partial charge on any atom is -0.383 e. The van der Waals surface area contributed by atoms with Crippen molar-refractivity contribution in [1.82, 2.24) is 4.90 Å². The van der Waals surface area contributed by atoms with E-state index in [2.05, 4.69) is 56.1 Å². The van der Waals surface area contributed by atoms with Crippen LogP contribution in [-0.2, 0) is 11.2 Å². The van der Waals surface area contributed by atoms with Crippen LogP contribution in [0.4, 0.5) is 0 Å². The monoisotopic (exact) mass is 264 g/mol. The van der Waals surface area contributed by atoms with Crippen molar-refractivity contribution in [3.8, 4) is 0 Å². The van der Waals surface area contributed by atoms with Crippen molar-refractivity contribution < 1.29 is 4.74 Å². The first-order valence-corrected chi connectivity index (χ1v) is 7.01. The lowest BCUT2D eigenvalue weighted by molar-refractivity contribution is -0.000377. The molecular weight excluding hydrogens is 236 g/mol. The second-order valence-corrected chi connectivity index (χ2v) is 5.55. The lowest BCUT2D eigenvalue weighted by atomic mass is 9.85. The second-order valence-electron chi connectivity index (χ2n) is 5.55. The van der Waals surface area contributed by atoms with Crippen molar-refractivity contribution in [3.05, 3.63) is 35.9 Å². The molecule has 0 aliphatic rings. The van der Waals surface area contributed by atoms with Gasteiger partial charge < -0.3 is 10.5 Å². The molecule has 1 aromatic carbocycles. The van der Waals surface area contributed by atoms with Gasteiger partial charge in [-0.05, 0) is 24.9 Å². The van der Waals surface area contributed by atoms with Gasteiger partial charge in [-0.3, -0.25) is 4.90 Å². The fourth-order valence-corrected chi connectivity index (χ4v) is 2.58. The molecule has 2 N–H and O–H groups in total. The first kappa shape index (κ1) is 16.2. The van der Waals surface area contributed by atoms with Crippen molar-refractivity contribution in [2.24, 2.45) is 11.7 Å². The number of likely N-dealkylation sites (N-methyl/N-ethyl adjacent to an activating group) is 1. The van der Waals surface area contributed by atoms with Crippen LogP contribution >= 0.6 is 0 Å². The molecule has 1 atom stereocenters. The Balaban J connectivity index is 2.69. The molecular formula is C16H28N2O. The summed E-state index contributed by atoms with van der Waals surface area (Å²) in [5, 5.41) is 0. The number of methoxy groups -OCH3 is 1. The average Bonchev–Trinajstić information content (AvgIpc) is 2.43. The number of hydrogen-bond donors (Lipinski definition) is 1. The normalized spacial score (nSPS) is 14.9. The topological polar surface area (TPSA) is 38.5 Å². The summed E-state index contributed by atoms with van der Waals surface area (Å²) in [5.41, 5.74) is 7.33. The van der Waals surface area contributed by atoms with Crippen LogP contribution < -0.4 is 5.73 Å². The third-order valence-corrected chi connectivity index (χ3v) is 4.16. The number of ether oxygens (including phenoxy) is 1. The maximum atomic E-state index is 6.04. The van der Waals surface area contributed by atoms with Gasteiger partial charge in [-0.25, -0.2) is 0 Å². The zero-order chi connectivity index (χ0) is 14.3. The molecule has 0 fully saturated rings. The summed E-state index contributed by atoms with van der Waals surface area (Å²) < 4.78 is 5.41. The molecule has 0 bridgehead atoms. The van der Waals surface area contributed by atoms with Gasteiger partial charge >= 0.3 is 0 Å². The Morgan fingerprint density at radius 2 is 1.89 bits per heavy atom. The van der Waals surface area contributed by atoms with Crippen molar-refractivity contribution in [2.45, 2.75) is 25.8 Å². The average molecular weight is 264 g/mol. The molecule has 0 aliphatic carbocycles. The Morgan fingerprint density at radius 3 is 2.37 bits per heavy atom. The molecule has 0 spiro atoms. The SMILES string of the molecule is COCC(CN)(C(C)C)N(C)CCc1ccccc1. The van der Waals surface area contributed by atoms with Crippen LogP contribution in [0.5, 0.6) is 0 Å². The minimum atomic E-state index is -0.0798. The lowest BCUT2D eigenvalue weighted by Gasteiger charge is -2.44. The highest BCUT2D eigenvalue weighted by Gasteiger charge is 2.36. The van der Waals surface area contributed by atoms with Crippen LogP contribution in [0.1, 0.15) is 19.4 Å². The fourth-order valence-electron chi connectivity index (χ4n) is 2.58. The van der Waals surface area contributed by atoms with Gasteiger partial charge in [-0.15, -0.1) is 0 Å². The zero-order valence-electron chi connectivity index (χ0n) is 12.7. The highest BCUT2D eigenvalue weighted by atomic mass is 16.5. The van der Waals surface area contributed by atoms with E-state index in [0.717, 1.165) is 13.0 Å². The molecule has 19 heavy (non-hydrogen) atoms. The number of nitrogens with two attached hydrogens (primary N) is 1. The highest BCUT2D eigenvalue weighted by molar-refractivity contribution is 5.15. The van der Waals surface area contributed by atoms with Crippen LogP contribution in [0.25, 0.3) is 0 Å². The van der Waals surface area contributed by atoms with Crippen molar-refractivity contribution in [3.63, 3.8) is 0 Å². The Hall–Kier alpha value is -0.900. The van der Waals surface area contributed by atoms with E-state index in [4.69, 9.17) is 10.5 Å². The molecule has 0 amide bonds. The summed E-state index contributed by atoms with van der Waals surface area (Å²) in [6.45, 7) is 6.70. The van der Waals surface area contributed by atoms with E-state index in [1.54, 1.807) is 7.11 Å². The van der Waals surface area contributed by atoms with Crippen LogP contribution in [0, 0.1) is 5.92 Å². The number of rotatable bonds is 8. The summed E-state index contributed by atoms with van der Waals surface area (Å²) in [6.07, 6.45) is 1.04. The van der Waals surface area contributed by atoms with E-state index in [0.29, 0.717) is 19.1 Å². The largest absolute Gasteiger partial charge is 0.383 e. The molecule has 3 nitrogen and oxygen atoms in total. The van der Waals surface area contributed by atoms with Gasteiger partial charge in [0.1, 0.15) is 0 Å². The van der Waals surface area contributed by atoms with Crippen LogP contribution in [0.2, 0.25) is 0 Å². The van der Waals surface area contributed by atoms with Gasteiger partial charge in [-0.1, -0.05) is 44.2 Å². The molecule has 108 valence electrons. The van der Waals surface area contributed by atoms with Crippen molar-refractivity contribution in [1.29, 1.82) is 0 Å². The molecule has 0 saturated heterocycles. The van der Waals surface area contributed by atoms with Gasteiger partial charge in [0.2, 0.25) is 0 Å². The molecule has 0 heterocycles. The number of nitrogens with zero attached hydrogens (tertiary/aromatic N) is 1. The standard InChI is InChI=1S/C16H28N2O/c1-14(2)16(12-17,13-19-4)18(3)11-10-15-8-6-5-7-9-15/h5-9,14H,10-13,17H2,1-4H3. The van der Waals surface area contributed by atoms with E-state index in [-0.39, 0.29) is 5.54 Å². The fraction of sp³-hybridized carbons (Fsp3) is 0.625. The Kier molecular flexibility index (Phi) is 6.49. The predicted octanol–water partition coefficient (Wildman–Crippen LogP) is 2.16.